The van der Waals surface area contributed by atoms with E-state index in [-0.39, 0.29) is 30.0 Å². The molecule has 0 spiro atoms. The molecule has 0 saturated carbocycles. The highest BCUT2D eigenvalue weighted by Crippen LogP contribution is 2.17. The molecule has 124 valence electrons. The fourth-order valence-corrected chi connectivity index (χ4v) is 4.82. The van der Waals surface area contributed by atoms with Gasteiger partial charge in [0.2, 0.25) is 15.9 Å². The van der Waals surface area contributed by atoms with E-state index in [0.29, 0.717) is 19.4 Å². The minimum absolute atomic E-state index is 0.0386. The van der Waals surface area contributed by atoms with Crippen molar-refractivity contribution >= 4 is 25.8 Å². The summed E-state index contributed by atoms with van der Waals surface area (Å²) in [5.41, 5.74) is 0. The Hall–Kier alpha value is -0.670. The predicted molar refractivity (Wildman–Crippen MR) is 81.2 cm³/mol. The lowest BCUT2D eigenvalue weighted by atomic mass is 10.2. The third-order valence-corrected chi connectivity index (χ3v) is 6.69. The van der Waals surface area contributed by atoms with Gasteiger partial charge >= 0.3 is 0 Å². The Morgan fingerprint density at radius 3 is 2.38 bits per heavy atom. The number of likely N-dealkylation sites (N-methyl/N-ethyl adjacent to an activating group) is 1. The number of sulfonamides is 1. The largest absolute Gasteiger partial charge is 0.341 e. The van der Waals surface area contributed by atoms with Crippen LogP contribution in [0.25, 0.3) is 0 Å². The fourth-order valence-electron chi connectivity index (χ4n) is 2.24. The van der Waals surface area contributed by atoms with Crippen LogP contribution in [-0.2, 0) is 24.7 Å². The average Bonchev–Trinajstić information content (AvgIpc) is 2.72. The van der Waals surface area contributed by atoms with Crippen molar-refractivity contribution in [1.82, 2.24) is 9.21 Å². The number of sulfone groups is 1. The van der Waals surface area contributed by atoms with Crippen molar-refractivity contribution in [3.8, 4) is 0 Å². The molecule has 0 radical (unpaired) electrons. The molecule has 1 rings (SSSR count). The first-order chi connectivity index (χ1) is 9.57. The Labute approximate surface area is 127 Å². The van der Waals surface area contributed by atoms with E-state index in [9.17, 15) is 21.6 Å². The van der Waals surface area contributed by atoms with Crippen molar-refractivity contribution in [1.29, 1.82) is 0 Å². The molecule has 1 saturated heterocycles. The molecule has 0 N–H and O–H groups in total. The number of carbonyl (C=O) groups is 1. The van der Waals surface area contributed by atoms with E-state index in [1.165, 1.54) is 11.9 Å². The molecule has 1 fully saturated rings. The summed E-state index contributed by atoms with van der Waals surface area (Å²) in [6.45, 7) is 2.02. The molecule has 1 amide bonds. The second kappa shape index (κ2) is 7.06. The van der Waals surface area contributed by atoms with Gasteiger partial charge in [0.05, 0.1) is 24.3 Å². The smallest absolute Gasteiger partial charge is 0.237 e. The molecule has 0 aliphatic carbocycles. The number of hydrogen-bond acceptors (Lipinski definition) is 5. The summed E-state index contributed by atoms with van der Waals surface area (Å²) in [5.74, 6) is -0.317. The van der Waals surface area contributed by atoms with Crippen LogP contribution in [0.3, 0.4) is 0 Å². The lowest BCUT2D eigenvalue weighted by Crippen LogP contribution is -2.45. The van der Waals surface area contributed by atoms with Gasteiger partial charge in [-0.05, 0) is 12.8 Å². The second-order valence-corrected chi connectivity index (χ2v) is 9.72. The van der Waals surface area contributed by atoms with Gasteiger partial charge in [0, 0.05) is 19.6 Å². The van der Waals surface area contributed by atoms with E-state index in [1.807, 2.05) is 6.92 Å². The zero-order valence-electron chi connectivity index (χ0n) is 12.8. The van der Waals surface area contributed by atoms with Crippen molar-refractivity contribution in [2.24, 2.45) is 0 Å². The number of carbonyl (C=O) groups excluding carboxylic acids is 1. The Bertz CT molecular complexity index is 570. The average molecular weight is 340 g/mol. The molecule has 0 bridgehead atoms. The Morgan fingerprint density at radius 1 is 1.33 bits per heavy atom. The SMILES string of the molecule is CCCCN(CC(=O)N(C)C1CCS(=O)(=O)C1)S(C)(=O)=O. The zero-order chi connectivity index (χ0) is 16.3. The molecular weight excluding hydrogens is 316 g/mol. The minimum Gasteiger partial charge on any atom is -0.341 e. The topological polar surface area (TPSA) is 91.8 Å². The summed E-state index contributed by atoms with van der Waals surface area (Å²) in [4.78, 5) is 13.6. The van der Waals surface area contributed by atoms with Crippen molar-refractivity contribution in [3.05, 3.63) is 0 Å². The maximum atomic E-state index is 12.2. The highest BCUT2D eigenvalue weighted by Gasteiger charge is 2.33. The van der Waals surface area contributed by atoms with Crippen LogP contribution in [0.1, 0.15) is 26.2 Å². The van der Waals surface area contributed by atoms with Gasteiger partial charge in [0.1, 0.15) is 0 Å². The fraction of sp³-hybridized carbons (Fsp3) is 0.917. The molecule has 1 heterocycles. The molecule has 1 aliphatic heterocycles. The number of unbranched alkanes of at least 4 members (excludes halogenated alkanes) is 1. The van der Waals surface area contributed by atoms with Crippen LogP contribution in [0.4, 0.5) is 0 Å². The monoisotopic (exact) mass is 340 g/mol. The molecule has 0 aromatic heterocycles. The standard InChI is InChI=1S/C12H24N2O5S2/c1-4-5-7-14(20(3,16)17)9-12(15)13(2)11-6-8-21(18,19)10-11/h11H,4-10H2,1-3H3. The van der Waals surface area contributed by atoms with Crippen LogP contribution in [-0.4, -0.2) is 75.9 Å². The van der Waals surface area contributed by atoms with Crippen LogP contribution in [0.2, 0.25) is 0 Å². The number of nitrogens with zero attached hydrogens (tertiary/aromatic N) is 2. The van der Waals surface area contributed by atoms with Crippen LogP contribution < -0.4 is 0 Å². The Balaban J connectivity index is 2.69. The molecule has 9 heteroatoms. The van der Waals surface area contributed by atoms with Gasteiger partial charge in [-0.3, -0.25) is 4.79 Å². The summed E-state index contributed by atoms with van der Waals surface area (Å²) >= 11 is 0. The summed E-state index contributed by atoms with van der Waals surface area (Å²) < 4.78 is 47.4. The maximum Gasteiger partial charge on any atom is 0.237 e. The van der Waals surface area contributed by atoms with E-state index in [4.69, 9.17) is 0 Å². The van der Waals surface area contributed by atoms with Crippen LogP contribution >= 0.6 is 0 Å². The molecular formula is C12H24N2O5S2. The van der Waals surface area contributed by atoms with Crippen molar-refractivity contribution in [2.45, 2.75) is 32.2 Å². The van der Waals surface area contributed by atoms with Crippen LogP contribution in [0.5, 0.6) is 0 Å². The molecule has 7 nitrogen and oxygen atoms in total. The summed E-state index contributed by atoms with van der Waals surface area (Å²) in [6, 6.07) is -0.352. The van der Waals surface area contributed by atoms with Gasteiger partial charge in [-0.1, -0.05) is 13.3 Å². The number of hydrogen-bond donors (Lipinski definition) is 0. The van der Waals surface area contributed by atoms with Crippen molar-refractivity contribution in [2.75, 3.05) is 37.9 Å². The number of amides is 1. The molecule has 1 aliphatic rings. The number of rotatable bonds is 7. The first kappa shape index (κ1) is 18.4. The first-order valence-corrected chi connectivity index (χ1v) is 10.6. The lowest BCUT2D eigenvalue weighted by Gasteiger charge is -2.27. The van der Waals surface area contributed by atoms with E-state index in [1.54, 1.807) is 0 Å². The van der Waals surface area contributed by atoms with E-state index in [2.05, 4.69) is 0 Å². The predicted octanol–water partition coefficient (Wildman–Crippen LogP) is -0.306. The van der Waals surface area contributed by atoms with E-state index in [0.717, 1.165) is 17.0 Å². The summed E-state index contributed by atoms with van der Waals surface area (Å²) in [6.07, 6.45) is 3.01. The molecule has 0 aromatic carbocycles. The molecule has 21 heavy (non-hydrogen) atoms. The van der Waals surface area contributed by atoms with Crippen molar-refractivity contribution < 1.29 is 21.6 Å². The van der Waals surface area contributed by atoms with Gasteiger partial charge in [-0.2, -0.15) is 4.31 Å². The molecule has 0 aromatic rings. The quantitative estimate of drug-likeness (QED) is 0.634. The highest BCUT2D eigenvalue weighted by atomic mass is 32.2. The van der Waals surface area contributed by atoms with Gasteiger partial charge < -0.3 is 4.90 Å². The third-order valence-electron chi connectivity index (χ3n) is 3.69. The first-order valence-electron chi connectivity index (χ1n) is 6.98. The van der Waals surface area contributed by atoms with Crippen LogP contribution in [0.15, 0.2) is 0 Å². The normalized spacial score (nSPS) is 21.6. The minimum atomic E-state index is -3.44. The van der Waals surface area contributed by atoms with Gasteiger partial charge in [-0.25, -0.2) is 16.8 Å². The molecule has 1 atom stereocenters. The third kappa shape index (κ3) is 5.55. The van der Waals surface area contributed by atoms with E-state index >= 15 is 0 Å². The summed E-state index contributed by atoms with van der Waals surface area (Å²) in [7, 11) is -4.98. The Kier molecular flexibility index (Phi) is 6.18. The molecule has 1 unspecified atom stereocenters. The summed E-state index contributed by atoms with van der Waals surface area (Å²) in [5, 5.41) is 0. The van der Waals surface area contributed by atoms with Gasteiger partial charge in [0.25, 0.3) is 0 Å². The van der Waals surface area contributed by atoms with Crippen LogP contribution in [0, 0.1) is 0 Å². The lowest BCUT2D eigenvalue weighted by molar-refractivity contribution is -0.131. The zero-order valence-corrected chi connectivity index (χ0v) is 14.4. The second-order valence-electron chi connectivity index (χ2n) is 5.51. The maximum absolute atomic E-state index is 12.2. The highest BCUT2D eigenvalue weighted by molar-refractivity contribution is 7.91. The van der Waals surface area contributed by atoms with Crippen molar-refractivity contribution in [3.63, 3.8) is 0 Å². The Morgan fingerprint density at radius 2 is 1.95 bits per heavy atom. The van der Waals surface area contributed by atoms with Gasteiger partial charge in [-0.15, -0.1) is 0 Å². The van der Waals surface area contributed by atoms with E-state index < -0.39 is 19.9 Å². The van der Waals surface area contributed by atoms with Gasteiger partial charge in [0.15, 0.2) is 9.84 Å².